The van der Waals surface area contributed by atoms with Gasteiger partial charge in [0.15, 0.2) is 0 Å². The predicted octanol–water partition coefficient (Wildman–Crippen LogP) is 12.7. The summed E-state index contributed by atoms with van der Waals surface area (Å²) in [5, 5.41) is 0. The van der Waals surface area contributed by atoms with Crippen LogP contribution in [-0.4, -0.2) is 0 Å². The van der Waals surface area contributed by atoms with Crippen LogP contribution in [0.25, 0.3) is 0 Å². The van der Waals surface area contributed by atoms with E-state index in [4.69, 9.17) is 0 Å². The van der Waals surface area contributed by atoms with Gasteiger partial charge in [-0.1, -0.05) is 91.4 Å². The van der Waals surface area contributed by atoms with Gasteiger partial charge in [-0.3, -0.25) is 0 Å². The summed E-state index contributed by atoms with van der Waals surface area (Å²) in [6.07, 6.45) is 16.9. The summed E-state index contributed by atoms with van der Waals surface area (Å²) in [6.45, 7) is 10.8. The number of hydrogen-bond donors (Lipinski definition) is 0. The highest BCUT2D eigenvalue weighted by atomic mass is 79.9. The molecule has 8 bridgehead atoms. The van der Waals surface area contributed by atoms with Crippen LogP contribution in [0.15, 0.2) is 54.3 Å². The molecule has 0 nitrogen and oxygen atoms in total. The highest BCUT2D eigenvalue weighted by Crippen LogP contribution is 2.85. The summed E-state index contributed by atoms with van der Waals surface area (Å²) in [5.41, 5.74) is 6.40. The van der Waals surface area contributed by atoms with Gasteiger partial charge in [0.05, 0.1) is 0 Å². The highest BCUT2D eigenvalue weighted by Gasteiger charge is 2.76. The molecule has 0 heterocycles. The van der Waals surface area contributed by atoms with E-state index >= 15 is 0 Å². The van der Waals surface area contributed by atoms with E-state index in [0.29, 0.717) is 43.3 Å². The van der Waals surface area contributed by atoms with Crippen molar-refractivity contribution < 1.29 is 0 Å². The van der Waals surface area contributed by atoms with Crippen LogP contribution in [0.4, 0.5) is 0 Å². The maximum Gasteiger partial charge on any atom is 0.0189 e. The Balaban J connectivity index is 1.32. The first kappa shape index (κ1) is 27.9. The van der Waals surface area contributed by atoms with Crippen molar-refractivity contribution in [2.75, 3.05) is 0 Å². The molecule has 4 unspecified atom stereocenters. The molecule has 0 aliphatic heterocycles. The fraction of sp³-hybridized carbons (Fsp3) is 0.667. The largest absolute Gasteiger partial charge is 0.0596 e. The smallest absolute Gasteiger partial charge is 0.0189 e. The molecule has 8 saturated carbocycles. The van der Waals surface area contributed by atoms with Gasteiger partial charge in [0, 0.05) is 17.9 Å². The van der Waals surface area contributed by atoms with Crippen LogP contribution >= 0.6 is 63.7 Å². The molecular weight excluding hydrogens is 752 g/mol. The summed E-state index contributed by atoms with van der Waals surface area (Å²) in [6, 6.07) is 14.4. The fourth-order valence-corrected chi connectivity index (χ4v) is 17.4. The molecule has 40 heavy (non-hydrogen) atoms. The van der Waals surface area contributed by atoms with Crippen molar-refractivity contribution in [2.24, 2.45) is 32.5 Å². The minimum absolute atomic E-state index is 0.293. The molecule has 0 radical (unpaired) electrons. The molecule has 8 aliphatic carbocycles. The first-order valence-corrected chi connectivity index (χ1v) is 18.6. The lowest BCUT2D eigenvalue weighted by Crippen LogP contribution is -2.71. The normalized spacial score (nSPS) is 50.1. The minimum Gasteiger partial charge on any atom is -0.0596 e. The zero-order valence-corrected chi connectivity index (χ0v) is 30.8. The van der Waals surface area contributed by atoms with E-state index < -0.39 is 0 Å². The SMILES string of the molecule is CC12CC3(C)CC(c4cc(Br)cc(Br)c4)(C1)CC(C14CC5(C)CC(C)(CC(c6cc(Br)cc(Br)c6)(C5)C1)C4)(C2)C3. The second-order valence-corrected chi connectivity index (χ2v) is 21.5. The molecule has 0 aromatic heterocycles. The average molecular weight is 794 g/mol. The summed E-state index contributed by atoms with van der Waals surface area (Å²) in [4.78, 5) is 0. The van der Waals surface area contributed by atoms with Gasteiger partial charge in [0.2, 0.25) is 0 Å². The molecule has 8 fully saturated rings. The van der Waals surface area contributed by atoms with E-state index in [-0.39, 0.29) is 0 Å². The second kappa shape index (κ2) is 8.14. The van der Waals surface area contributed by atoms with Crippen molar-refractivity contribution >= 4 is 63.7 Å². The van der Waals surface area contributed by atoms with Gasteiger partial charge in [-0.2, -0.15) is 0 Å². The van der Waals surface area contributed by atoms with E-state index in [9.17, 15) is 0 Å². The molecule has 4 heteroatoms. The van der Waals surface area contributed by atoms with Crippen LogP contribution in [0.2, 0.25) is 0 Å². The molecule has 8 aliphatic rings. The first-order valence-electron chi connectivity index (χ1n) is 15.5. The van der Waals surface area contributed by atoms with Crippen molar-refractivity contribution in [3.05, 3.63) is 65.4 Å². The molecule has 0 saturated heterocycles. The molecule has 4 atom stereocenters. The lowest BCUT2D eigenvalue weighted by Gasteiger charge is -2.80. The Morgan fingerprint density at radius 1 is 0.375 bits per heavy atom. The van der Waals surface area contributed by atoms with Gasteiger partial charge < -0.3 is 0 Å². The van der Waals surface area contributed by atoms with Gasteiger partial charge in [0.25, 0.3) is 0 Å². The predicted molar refractivity (Wildman–Crippen MR) is 180 cm³/mol. The van der Waals surface area contributed by atoms with Gasteiger partial charge in [-0.05, 0) is 168 Å². The summed E-state index contributed by atoms with van der Waals surface area (Å²) < 4.78 is 4.91. The molecule has 10 rings (SSSR count). The van der Waals surface area contributed by atoms with Crippen LogP contribution in [-0.2, 0) is 10.8 Å². The standard InChI is InChI=1S/C36H42Br4/c1-29-11-30(2)14-33(13-29,23-5-25(37)9-26(38)6-23)21-35(17-29,18-30)36-19-31(3)12-32(4,20-36)16-34(15-31,22-36)24-7-27(39)10-28(40)8-24/h5-10H,11-22H2,1-4H3. The topological polar surface area (TPSA) is 0 Å². The zero-order valence-electron chi connectivity index (χ0n) is 24.5. The van der Waals surface area contributed by atoms with Crippen molar-refractivity contribution in [2.45, 2.75) is 116 Å². The molecule has 2 aromatic rings. The molecular formula is C36H42Br4. The maximum atomic E-state index is 3.89. The van der Waals surface area contributed by atoms with Crippen molar-refractivity contribution in [3.8, 4) is 0 Å². The van der Waals surface area contributed by atoms with Gasteiger partial charge in [0.1, 0.15) is 0 Å². The molecule has 0 spiro atoms. The Kier molecular flexibility index (Phi) is 5.67. The third-order valence-electron chi connectivity index (χ3n) is 13.3. The molecule has 0 N–H and O–H groups in total. The number of benzene rings is 2. The van der Waals surface area contributed by atoms with Gasteiger partial charge in [-0.25, -0.2) is 0 Å². The zero-order chi connectivity index (χ0) is 28.2. The Labute approximate surface area is 275 Å². The quantitative estimate of drug-likeness (QED) is 0.290. The first-order chi connectivity index (χ1) is 18.5. The number of hydrogen-bond acceptors (Lipinski definition) is 0. The van der Waals surface area contributed by atoms with Crippen LogP contribution in [0.5, 0.6) is 0 Å². The van der Waals surface area contributed by atoms with Crippen molar-refractivity contribution in [1.29, 1.82) is 0 Å². The third-order valence-corrected chi connectivity index (χ3v) is 15.1. The van der Waals surface area contributed by atoms with Crippen LogP contribution in [0.1, 0.15) is 116 Å². The van der Waals surface area contributed by atoms with Crippen molar-refractivity contribution in [3.63, 3.8) is 0 Å². The van der Waals surface area contributed by atoms with Crippen LogP contribution in [0, 0.1) is 32.5 Å². The van der Waals surface area contributed by atoms with E-state index in [1.165, 1.54) is 94.9 Å². The maximum absolute atomic E-state index is 3.89. The second-order valence-electron chi connectivity index (χ2n) is 17.8. The van der Waals surface area contributed by atoms with E-state index in [2.05, 4.69) is 128 Å². The summed E-state index contributed by atoms with van der Waals surface area (Å²) in [5.74, 6) is 0. The van der Waals surface area contributed by atoms with Crippen LogP contribution < -0.4 is 0 Å². The number of rotatable bonds is 3. The average Bonchev–Trinajstić information content (AvgIpc) is 2.73. The van der Waals surface area contributed by atoms with Gasteiger partial charge in [-0.15, -0.1) is 0 Å². The summed E-state index contributed by atoms with van der Waals surface area (Å²) >= 11 is 15.5. The minimum atomic E-state index is 0.293. The van der Waals surface area contributed by atoms with Crippen LogP contribution in [0.3, 0.4) is 0 Å². The molecule has 214 valence electrons. The third kappa shape index (κ3) is 3.89. The van der Waals surface area contributed by atoms with E-state index in [1.807, 2.05) is 0 Å². The number of halogens is 4. The highest BCUT2D eigenvalue weighted by molar-refractivity contribution is 9.11. The Bertz CT molecular complexity index is 1270. The Morgan fingerprint density at radius 3 is 0.925 bits per heavy atom. The van der Waals surface area contributed by atoms with Crippen molar-refractivity contribution in [1.82, 2.24) is 0 Å². The fourth-order valence-electron chi connectivity index (χ4n) is 14.8. The lowest BCUT2D eigenvalue weighted by atomic mass is 9.24. The Hall–Kier alpha value is 0.360. The lowest BCUT2D eigenvalue weighted by molar-refractivity contribution is -0.275. The van der Waals surface area contributed by atoms with E-state index in [0.717, 1.165) is 0 Å². The summed E-state index contributed by atoms with van der Waals surface area (Å²) in [7, 11) is 0. The molecule has 0 amide bonds. The van der Waals surface area contributed by atoms with E-state index in [1.54, 1.807) is 11.1 Å². The molecule has 2 aromatic carbocycles. The monoisotopic (exact) mass is 790 g/mol. The Morgan fingerprint density at radius 2 is 0.650 bits per heavy atom. The van der Waals surface area contributed by atoms with Gasteiger partial charge >= 0.3 is 0 Å².